The van der Waals surface area contributed by atoms with Gasteiger partial charge in [-0.2, -0.15) is 0 Å². The standard InChI is InChI=1S/C9H14FN3O2S/c1-12-16(14,15)3-2-13-9-5-7(10)4-8(11)6-9/h4-6,12-13H,2-3,11H2,1H3. The van der Waals surface area contributed by atoms with Crippen LogP contribution in [0.4, 0.5) is 15.8 Å². The van der Waals surface area contributed by atoms with Crippen LogP contribution in [-0.4, -0.2) is 27.8 Å². The number of benzene rings is 1. The molecule has 0 atom stereocenters. The summed E-state index contributed by atoms with van der Waals surface area (Å²) in [6, 6.07) is 3.98. The summed E-state index contributed by atoms with van der Waals surface area (Å²) in [5.74, 6) is -0.543. The van der Waals surface area contributed by atoms with Gasteiger partial charge in [0.1, 0.15) is 5.82 Å². The number of hydrogen-bond acceptors (Lipinski definition) is 4. The second-order valence-electron chi connectivity index (χ2n) is 3.22. The molecule has 0 spiro atoms. The van der Waals surface area contributed by atoms with Crippen molar-refractivity contribution in [3.05, 3.63) is 24.0 Å². The Morgan fingerprint density at radius 2 is 2.06 bits per heavy atom. The molecule has 0 aliphatic rings. The van der Waals surface area contributed by atoms with Crippen LogP contribution in [0.2, 0.25) is 0 Å². The van der Waals surface area contributed by atoms with Crippen molar-refractivity contribution in [2.24, 2.45) is 0 Å². The molecule has 1 rings (SSSR count). The Hall–Kier alpha value is -1.34. The summed E-state index contributed by atoms with van der Waals surface area (Å²) in [5.41, 5.74) is 6.19. The van der Waals surface area contributed by atoms with Crippen LogP contribution in [0.1, 0.15) is 0 Å². The van der Waals surface area contributed by atoms with Gasteiger partial charge in [0, 0.05) is 17.9 Å². The van der Waals surface area contributed by atoms with E-state index in [9.17, 15) is 12.8 Å². The fourth-order valence-electron chi connectivity index (χ4n) is 1.15. The Balaban J connectivity index is 2.55. The van der Waals surface area contributed by atoms with Crippen LogP contribution in [0.25, 0.3) is 0 Å². The van der Waals surface area contributed by atoms with Gasteiger partial charge in [-0.25, -0.2) is 17.5 Å². The first kappa shape index (κ1) is 12.7. The summed E-state index contributed by atoms with van der Waals surface area (Å²) < 4.78 is 37.2. The van der Waals surface area contributed by atoms with Crippen molar-refractivity contribution in [1.29, 1.82) is 0 Å². The monoisotopic (exact) mass is 247 g/mol. The SMILES string of the molecule is CNS(=O)(=O)CCNc1cc(N)cc(F)c1. The van der Waals surface area contributed by atoms with E-state index in [1.54, 1.807) is 0 Å². The second-order valence-corrected chi connectivity index (χ2v) is 5.27. The highest BCUT2D eigenvalue weighted by molar-refractivity contribution is 7.89. The van der Waals surface area contributed by atoms with E-state index in [-0.39, 0.29) is 12.3 Å². The number of nitrogen functional groups attached to an aromatic ring is 1. The highest BCUT2D eigenvalue weighted by atomic mass is 32.2. The highest BCUT2D eigenvalue weighted by Gasteiger charge is 2.06. The molecule has 0 amide bonds. The summed E-state index contributed by atoms with van der Waals surface area (Å²) in [4.78, 5) is 0. The van der Waals surface area contributed by atoms with E-state index in [4.69, 9.17) is 5.73 Å². The Kier molecular flexibility index (Phi) is 4.08. The van der Waals surface area contributed by atoms with Crippen LogP contribution in [-0.2, 0) is 10.0 Å². The minimum atomic E-state index is -3.25. The van der Waals surface area contributed by atoms with Gasteiger partial charge in [-0.3, -0.25) is 0 Å². The predicted molar refractivity (Wildman–Crippen MR) is 62.1 cm³/mol. The molecule has 0 aromatic heterocycles. The molecule has 0 bridgehead atoms. The first-order valence-electron chi connectivity index (χ1n) is 4.64. The molecule has 0 heterocycles. The van der Waals surface area contributed by atoms with Gasteiger partial charge in [0.15, 0.2) is 0 Å². The van der Waals surface area contributed by atoms with E-state index in [0.717, 1.165) is 0 Å². The second kappa shape index (κ2) is 5.13. The van der Waals surface area contributed by atoms with Crippen LogP contribution in [0.5, 0.6) is 0 Å². The number of anilines is 2. The van der Waals surface area contributed by atoms with Crippen molar-refractivity contribution in [2.75, 3.05) is 30.4 Å². The third kappa shape index (κ3) is 4.03. The first-order valence-corrected chi connectivity index (χ1v) is 6.29. The minimum absolute atomic E-state index is 0.0834. The zero-order chi connectivity index (χ0) is 12.2. The van der Waals surface area contributed by atoms with Crippen LogP contribution >= 0.6 is 0 Å². The smallest absolute Gasteiger partial charge is 0.213 e. The van der Waals surface area contributed by atoms with E-state index >= 15 is 0 Å². The number of sulfonamides is 1. The topological polar surface area (TPSA) is 84.2 Å². The number of rotatable bonds is 5. The highest BCUT2D eigenvalue weighted by Crippen LogP contribution is 2.14. The normalized spacial score (nSPS) is 11.4. The van der Waals surface area contributed by atoms with Crippen molar-refractivity contribution in [3.8, 4) is 0 Å². The van der Waals surface area contributed by atoms with Gasteiger partial charge in [0.25, 0.3) is 0 Å². The van der Waals surface area contributed by atoms with Gasteiger partial charge < -0.3 is 11.1 Å². The maximum absolute atomic E-state index is 12.9. The van der Waals surface area contributed by atoms with Crippen molar-refractivity contribution >= 4 is 21.4 Å². The van der Waals surface area contributed by atoms with E-state index in [1.165, 1.54) is 25.2 Å². The third-order valence-corrected chi connectivity index (χ3v) is 3.29. The average Bonchev–Trinajstić information content (AvgIpc) is 2.16. The zero-order valence-corrected chi connectivity index (χ0v) is 9.64. The zero-order valence-electron chi connectivity index (χ0n) is 8.83. The number of nitrogens with two attached hydrogens (primary N) is 1. The summed E-state index contributed by atoms with van der Waals surface area (Å²) in [6.07, 6.45) is 0. The molecule has 0 unspecified atom stereocenters. The van der Waals surface area contributed by atoms with E-state index < -0.39 is 15.8 Å². The molecule has 0 aliphatic heterocycles. The lowest BCUT2D eigenvalue weighted by atomic mass is 10.2. The summed E-state index contributed by atoms with van der Waals surface area (Å²) in [5, 5.41) is 2.78. The van der Waals surface area contributed by atoms with E-state index in [0.29, 0.717) is 11.4 Å². The molecular weight excluding hydrogens is 233 g/mol. The fourth-order valence-corrected chi connectivity index (χ4v) is 1.72. The van der Waals surface area contributed by atoms with Gasteiger partial charge in [0.2, 0.25) is 10.0 Å². The predicted octanol–water partition coefficient (Wildman–Crippen LogP) is 0.369. The van der Waals surface area contributed by atoms with Crippen molar-refractivity contribution in [1.82, 2.24) is 4.72 Å². The molecule has 5 nitrogen and oxygen atoms in total. The minimum Gasteiger partial charge on any atom is -0.399 e. The lowest BCUT2D eigenvalue weighted by molar-refractivity contribution is 0.588. The largest absolute Gasteiger partial charge is 0.399 e. The number of halogens is 1. The summed E-state index contributed by atoms with van der Waals surface area (Å²) >= 11 is 0. The molecule has 0 saturated carbocycles. The summed E-state index contributed by atoms with van der Waals surface area (Å²) in [6.45, 7) is 0.187. The fraction of sp³-hybridized carbons (Fsp3) is 0.333. The van der Waals surface area contributed by atoms with Crippen molar-refractivity contribution in [3.63, 3.8) is 0 Å². The van der Waals surface area contributed by atoms with Gasteiger partial charge in [-0.15, -0.1) is 0 Å². The first-order chi connectivity index (χ1) is 7.43. The quantitative estimate of drug-likeness (QED) is 0.656. The van der Waals surface area contributed by atoms with Crippen LogP contribution in [0.15, 0.2) is 18.2 Å². The summed E-state index contributed by atoms with van der Waals surface area (Å²) in [7, 11) is -1.90. The van der Waals surface area contributed by atoms with Gasteiger partial charge in [0.05, 0.1) is 5.75 Å². The lowest BCUT2D eigenvalue weighted by Crippen LogP contribution is -2.26. The van der Waals surface area contributed by atoms with Crippen molar-refractivity contribution < 1.29 is 12.8 Å². The lowest BCUT2D eigenvalue weighted by Gasteiger charge is -2.07. The molecule has 0 aliphatic carbocycles. The van der Waals surface area contributed by atoms with Gasteiger partial charge in [-0.05, 0) is 25.2 Å². The molecular formula is C9H14FN3O2S. The molecule has 4 N–H and O–H groups in total. The number of nitrogens with one attached hydrogen (secondary N) is 2. The maximum Gasteiger partial charge on any atom is 0.213 e. The number of hydrogen-bond donors (Lipinski definition) is 3. The van der Waals surface area contributed by atoms with Gasteiger partial charge in [-0.1, -0.05) is 0 Å². The third-order valence-electron chi connectivity index (χ3n) is 1.93. The molecule has 16 heavy (non-hydrogen) atoms. The molecule has 0 radical (unpaired) electrons. The molecule has 90 valence electrons. The van der Waals surface area contributed by atoms with Crippen molar-refractivity contribution in [2.45, 2.75) is 0 Å². The molecule has 7 heteroatoms. The molecule has 0 saturated heterocycles. The van der Waals surface area contributed by atoms with Crippen LogP contribution < -0.4 is 15.8 Å². The molecule has 0 fully saturated rings. The van der Waals surface area contributed by atoms with Gasteiger partial charge >= 0.3 is 0 Å². The van der Waals surface area contributed by atoms with E-state index in [1.807, 2.05) is 0 Å². The molecule has 1 aromatic rings. The molecule has 1 aromatic carbocycles. The van der Waals surface area contributed by atoms with E-state index in [2.05, 4.69) is 10.0 Å². The Labute approximate surface area is 93.9 Å². The Morgan fingerprint density at radius 3 is 2.62 bits per heavy atom. The average molecular weight is 247 g/mol. The Bertz CT molecular complexity index is 442. The van der Waals surface area contributed by atoms with Crippen LogP contribution in [0.3, 0.4) is 0 Å². The maximum atomic E-state index is 12.9. The van der Waals surface area contributed by atoms with Crippen LogP contribution in [0, 0.1) is 5.82 Å². The Morgan fingerprint density at radius 1 is 1.38 bits per heavy atom.